The van der Waals surface area contributed by atoms with Crippen LogP contribution in [0.25, 0.3) is 0 Å². The first-order valence-corrected chi connectivity index (χ1v) is 6.93. The second-order valence-corrected chi connectivity index (χ2v) is 6.21. The lowest BCUT2D eigenvalue weighted by Gasteiger charge is -2.27. The van der Waals surface area contributed by atoms with Gasteiger partial charge in [-0.05, 0) is 31.8 Å². The van der Waals surface area contributed by atoms with E-state index >= 15 is 0 Å². The standard InChI is InChI=1S/C13H22N2S2/c1-13(2,3)9-10(12(17)11(9)16)15-8-6-5-7-14-4/h14-15H,5-8H2,1-4H3. The molecule has 0 saturated carbocycles. The SMILES string of the molecule is CNCCCCNc1c(C(C)(C)C)c(=S)c1=S. The largest absolute Gasteiger partial charge is 0.384 e. The molecule has 0 amide bonds. The van der Waals surface area contributed by atoms with Gasteiger partial charge in [0.05, 0.1) is 14.7 Å². The van der Waals surface area contributed by atoms with Crippen LogP contribution in [0.15, 0.2) is 0 Å². The number of rotatable bonds is 6. The summed E-state index contributed by atoms with van der Waals surface area (Å²) in [7, 11) is 1.98. The van der Waals surface area contributed by atoms with Gasteiger partial charge >= 0.3 is 0 Å². The monoisotopic (exact) mass is 270 g/mol. The molecule has 4 heteroatoms. The maximum absolute atomic E-state index is 5.32. The van der Waals surface area contributed by atoms with Gasteiger partial charge < -0.3 is 10.6 Å². The van der Waals surface area contributed by atoms with Crippen LogP contribution in [0.4, 0.5) is 5.69 Å². The Balaban J connectivity index is 2.58. The summed E-state index contributed by atoms with van der Waals surface area (Å²) < 4.78 is 1.73. The zero-order valence-electron chi connectivity index (χ0n) is 11.1. The summed E-state index contributed by atoms with van der Waals surface area (Å²) >= 11 is 10.6. The minimum Gasteiger partial charge on any atom is -0.384 e. The maximum Gasteiger partial charge on any atom is 0.0796 e. The van der Waals surface area contributed by atoms with Crippen LogP contribution in [0, 0.1) is 9.02 Å². The molecule has 0 aliphatic carbocycles. The lowest BCUT2D eigenvalue weighted by atomic mass is 9.83. The van der Waals surface area contributed by atoms with Crippen molar-refractivity contribution in [3.05, 3.63) is 14.6 Å². The van der Waals surface area contributed by atoms with Crippen molar-refractivity contribution in [2.24, 2.45) is 0 Å². The average molecular weight is 270 g/mol. The molecule has 0 atom stereocenters. The van der Waals surface area contributed by atoms with E-state index in [9.17, 15) is 0 Å². The zero-order chi connectivity index (χ0) is 13.1. The predicted molar refractivity (Wildman–Crippen MR) is 80.8 cm³/mol. The van der Waals surface area contributed by atoms with Gasteiger partial charge in [-0.1, -0.05) is 45.2 Å². The van der Waals surface area contributed by atoms with Crippen LogP contribution in [0.3, 0.4) is 0 Å². The first-order chi connectivity index (χ1) is 7.89. The summed E-state index contributed by atoms with van der Waals surface area (Å²) in [4.78, 5) is 0. The molecule has 1 aromatic rings. The molecule has 0 aliphatic heterocycles. The molecule has 0 radical (unpaired) electrons. The molecule has 0 spiro atoms. The molecule has 0 heterocycles. The molecule has 1 aromatic carbocycles. The van der Waals surface area contributed by atoms with Gasteiger partial charge in [0.2, 0.25) is 0 Å². The average Bonchev–Trinajstić information content (AvgIpc) is 2.24. The first-order valence-electron chi connectivity index (χ1n) is 6.12. The fraction of sp³-hybridized carbons (Fsp3) is 0.692. The Hall–Kier alpha value is -0.320. The Kier molecular flexibility index (Phi) is 5.22. The molecule has 0 aromatic heterocycles. The van der Waals surface area contributed by atoms with E-state index in [4.69, 9.17) is 24.4 Å². The van der Waals surface area contributed by atoms with Crippen LogP contribution < -0.4 is 10.6 Å². The molecule has 1 rings (SSSR count). The Bertz CT molecular complexity index is 437. The lowest BCUT2D eigenvalue weighted by Crippen LogP contribution is -2.20. The highest BCUT2D eigenvalue weighted by Gasteiger charge is 2.25. The lowest BCUT2D eigenvalue weighted by molar-refractivity contribution is 0.584. The van der Waals surface area contributed by atoms with E-state index in [2.05, 4.69) is 31.4 Å². The van der Waals surface area contributed by atoms with Crippen LogP contribution in [-0.2, 0) is 5.41 Å². The van der Waals surface area contributed by atoms with Crippen LogP contribution in [0.1, 0.15) is 39.2 Å². The van der Waals surface area contributed by atoms with Gasteiger partial charge in [-0.15, -0.1) is 0 Å². The van der Waals surface area contributed by atoms with Crippen molar-refractivity contribution in [1.82, 2.24) is 5.32 Å². The number of hydrogen-bond acceptors (Lipinski definition) is 4. The highest BCUT2D eigenvalue weighted by Crippen LogP contribution is 2.36. The van der Waals surface area contributed by atoms with E-state index < -0.39 is 0 Å². The smallest absolute Gasteiger partial charge is 0.0796 e. The van der Waals surface area contributed by atoms with Crippen molar-refractivity contribution in [3.63, 3.8) is 0 Å². The maximum atomic E-state index is 5.32. The van der Waals surface area contributed by atoms with Gasteiger partial charge in [0.25, 0.3) is 0 Å². The Morgan fingerprint density at radius 1 is 1.00 bits per heavy atom. The molecule has 17 heavy (non-hydrogen) atoms. The zero-order valence-corrected chi connectivity index (χ0v) is 12.8. The van der Waals surface area contributed by atoms with E-state index in [1.165, 1.54) is 12.0 Å². The molecule has 0 fully saturated rings. The van der Waals surface area contributed by atoms with Crippen molar-refractivity contribution < 1.29 is 0 Å². The summed E-state index contributed by atoms with van der Waals surface area (Å²) in [6.07, 6.45) is 2.33. The number of hydrogen-bond donors (Lipinski definition) is 2. The van der Waals surface area contributed by atoms with Gasteiger partial charge in [0, 0.05) is 12.1 Å². The third-order valence-electron chi connectivity index (χ3n) is 2.82. The van der Waals surface area contributed by atoms with Gasteiger partial charge in [-0.3, -0.25) is 0 Å². The van der Waals surface area contributed by atoms with Crippen LogP contribution in [-0.4, -0.2) is 20.1 Å². The highest BCUT2D eigenvalue weighted by atomic mass is 32.1. The number of anilines is 1. The normalized spacial score (nSPS) is 12.0. The molecular weight excluding hydrogens is 248 g/mol. The van der Waals surface area contributed by atoms with Crippen LogP contribution in [0.2, 0.25) is 0 Å². The highest BCUT2D eigenvalue weighted by molar-refractivity contribution is 7.74. The predicted octanol–water partition coefficient (Wildman–Crippen LogP) is 3.73. The van der Waals surface area contributed by atoms with Crippen LogP contribution >= 0.6 is 24.4 Å². The second kappa shape index (κ2) is 6.03. The quantitative estimate of drug-likeness (QED) is 0.607. The summed E-state index contributed by atoms with van der Waals surface area (Å²) in [5.41, 5.74) is 2.43. The van der Waals surface area contributed by atoms with E-state index in [0.29, 0.717) is 0 Å². The van der Waals surface area contributed by atoms with Gasteiger partial charge in [-0.25, -0.2) is 0 Å². The Morgan fingerprint density at radius 3 is 2.12 bits per heavy atom. The molecule has 2 N–H and O–H groups in total. The van der Waals surface area contributed by atoms with Gasteiger partial charge in [0.1, 0.15) is 0 Å². The van der Waals surface area contributed by atoms with Crippen molar-refractivity contribution >= 4 is 30.1 Å². The van der Waals surface area contributed by atoms with Gasteiger partial charge in [-0.2, -0.15) is 0 Å². The fourth-order valence-corrected chi connectivity index (χ4v) is 2.70. The Morgan fingerprint density at radius 2 is 1.59 bits per heavy atom. The number of unbranched alkanes of at least 4 members (excludes halogenated alkanes) is 1. The summed E-state index contributed by atoms with van der Waals surface area (Å²) in [5.74, 6) is 0. The minimum absolute atomic E-state index is 0.0900. The summed E-state index contributed by atoms with van der Waals surface area (Å²) in [6, 6.07) is 0. The van der Waals surface area contributed by atoms with E-state index in [1.54, 1.807) is 0 Å². The topological polar surface area (TPSA) is 24.1 Å². The molecule has 2 nitrogen and oxygen atoms in total. The second-order valence-electron chi connectivity index (χ2n) is 5.40. The fourth-order valence-electron chi connectivity index (χ4n) is 1.92. The molecule has 0 unspecified atom stereocenters. The van der Waals surface area contributed by atoms with E-state index in [1.807, 2.05) is 7.05 Å². The first kappa shape index (κ1) is 14.7. The molecule has 96 valence electrons. The third kappa shape index (κ3) is 3.57. The molecule has 0 bridgehead atoms. The van der Waals surface area contributed by atoms with Crippen molar-refractivity contribution in [3.8, 4) is 0 Å². The molecule has 0 aliphatic rings. The number of nitrogens with one attached hydrogen (secondary N) is 2. The Labute approximate surface area is 115 Å². The van der Waals surface area contributed by atoms with Crippen molar-refractivity contribution in [1.29, 1.82) is 0 Å². The third-order valence-corrected chi connectivity index (χ3v) is 3.76. The summed E-state index contributed by atoms with van der Waals surface area (Å²) in [6.45, 7) is 8.58. The summed E-state index contributed by atoms with van der Waals surface area (Å²) in [5, 5.41) is 6.58. The van der Waals surface area contributed by atoms with E-state index in [-0.39, 0.29) is 5.41 Å². The molecule has 0 saturated heterocycles. The molecular formula is C13H22N2S2. The van der Waals surface area contributed by atoms with Gasteiger partial charge in [0.15, 0.2) is 0 Å². The van der Waals surface area contributed by atoms with Crippen LogP contribution in [0.5, 0.6) is 0 Å². The van der Waals surface area contributed by atoms with Crippen molar-refractivity contribution in [2.45, 2.75) is 39.0 Å². The minimum atomic E-state index is 0.0900. The van der Waals surface area contributed by atoms with Crippen molar-refractivity contribution in [2.75, 3.05) is 25.5 Å². The van der Waals surface area contributed by atoms with E-state index in [0.717, 1.165) is 34.2 Å².